The minimum Gasteiger partial charge on any atom is -0.480 e. The molecule has 18 heavy (non-hydrogen) atoms. The fraction of sp³-hybridized carbons (Fsp3) is 0.800. The van der Waals surface area contributed by atoms with Crippen LogP contribution < -0.4 is 0 Å². The molecule has 0 saturated carbocycles. The first-order valence-electron chi connectivity index (χ1n) is 5.54. The molecule has 0 amide bonds. The van der Waals surface area contributed by atoms with Crippen LogP contribution in [0.1, 0.15) is 20.8 Å². The molecule has 2 unspecified atom stereocenters. The Labute approximate surface area is 108 Å². The van der Waals surface area contributed by atoms with E-state index in [0.29, 0.717) is 0 Å². The summed E-state index contributed by atoms with van der Waals surface area (Å²) in [7, 11) is -2.65. The van der Waals surface area contributed by atoms with Crippen molar-refractivity contribution in [2.24, 2.45) is 5.92 Å². The Morgan fingerprint density at radius 1 is 1.44 bits per heavy atom. The zero-order valence-electron chi connectivity index (χ0n) is 11.0. The quantitative estimate of drug-likeness (QED) is 0.712. The van der Waals surface area contributed by atoms with Crippen molar-refractivity contribution >= 4 is 16.2 Å². The van der Waals surface area contributed by atoms with E-state index in [-0.39, 0.29) is 13.1 Å². The van der Waals surface area contributed by atoms with Gasteiger partial charge < -0.3 is 5.11 Å². The van der Waals surface area contributed by atoms with Crippen molar-refractivity contribution in [3.05, 3.63) is 0 Å². The van der Waals surface area contributed by atoms with Gasteiger partial charge in [0.1, 0.15) is 6.04 Å². The number of nitrogens with zero attached hydrogens (tertiary/aromatic N) is 3. The summed E-state index contributed by atoms with van der Waals surface area (Å²) in [6, 6.07) is 0.800. The van der Waals surface area contributed by atoms with Crippen LogP contribution in [-0.2, 0) is 15.0 Å². The zero-order valence-corrected chi connectivity index (χ0v) is 11.8. The molecule has 0 bridgehead atoms. The van der Waals surface area contributed by atoms with E-state index >= 15 is 0 Å². The molecule has 8 heteroatoms. The average Bonchev–Trinajstić information content (AvgIpc) is 2.32. The van der Waals surface area contributed by atoms with Crippen LogP contribution >= 0.6 is 0 Å². The van der Waals surface area contributed by atoms with Crippen molar-refractivity contribution in [3.63, 3.8) is 0 Å². The molecule has 0 aliphatic heterocycles. The maximum atomic E-state index is 12.1. The van der Waals surface area contributed by atoms with Gasteiger partial charge in [-0.15, -0.1) is 0 Å². The van der Waals surface area contributed by atoms with E-state index in [1.54, 1.807) is 13.8 Å². The summed E-state index contributed by atoms with van der Waals surface area (Å²) in [5.41, 5.74) is 0. The van der Waals surface area contributed by atoms with Gasteiger partial charge >= 0.3 is 5.97 Å². The van der Waals surface area contributed by atoms with Gasteiger partial charge in [-0.25, -0.2) is 0 Å². The summed E-state index contributed by atoms with van der Waals surface area (Å²) in [4.78, 5) is 10.8. The standard InChI is InChI=1S/C10H19N3O4S/c1-5-13(7-8(2)6-11)18(16,17)12(4)9(3)10(14)15/h8-9H,5,7H2,1-4H3,(H,14,15). The minimum atomic E-state index is -3.87. The van der Waals surface area contributed by atoms with E-state index in [1.165, 1.54) is 14.0 Å². The molecule has 0 spiro atoms. The molecule has 0 heterocycles. The molecule has 0 aromatic heterocycles. The lowest BCUT2D eigenvalue weighted by Gasteiger charge is -2.29. The largest absolute Gasteiger partial charge is 0.480 e. The predicted molar refractivity (Wildman–Crippen MR) is 65.8 cm³/mol. The van der Waals surface area contributed by atoms with Crippen LogP contribution in [0.2, 0.25) is 0 Å². The Bertz CT molecular complexity index is 429. The van der Waals surface area contributed by atoms with Gasteiger partial charge in [0.15, 0.2) is 0 Å². The van der Waals surface area contributed by atoms with Crippen LogP contribution in [-0.4, -0.2) is 54.3 Å². The van der Waals surface area contributed by atoms with Crippen molar-refractivity contribution in [2.45, 2.75) is 26.8 Å². The number of hydrogen-bond acceptors (Lipinski definition) is 4. The molecule has 0 aromatic carbocycles. The second kappa shape index (κ2) is 6.68. The molecule has 0 rings (SSSR count). The molecular weight excluding hydrogens is 258 g/mol. The topological polar surface area (TPSA) is 102 Å². The number of rotatable bonds is 7. The van der Waals surface area contributed by atoms with E-state index in [2.05, 4.69) is 0 Å². The lowest BCUT2D eigenvalue weighted by atomic mass is 10.2. The molecule has 0 aliphatic rings. The molecule has 0 fully saturated rings. The van der Waals surface area contributed by atoms with E-state index in [1.807, 2.05) is 6.07 Å². The van der Waals surface area contributed by atoms with Crippen LogP contribution in [0.4, 0.5) is 0 Å². The highest BCUT2D eigenvalue weighted by Gasteiger charge is 2.33. The molecule has 104 valence electrons. The highest BCUT2D eigenvalue weighted by molar-refractivity contribution is 7.86. The Hall–Kier alpha value is -1.17. The van der Waals surface area contributed by atoms with Gasteiger partial charge in [0.25, 0.3) is 10.2 Å². The van der Waals surface area contributed by atoms with Crippen molar-refractivity contribution in [1.82, 2.24) is 8.61 Å². The third-order valence-corrected chi connectivity index (χ3v) is 4.75. The second-order valence-corrected chi connectivity index (χ2v) is 6.01. The van der Waals surface area contributed by atoms with Gasteiger partial charge in [-0.3, -0.25) is 4.79 Å². The maximum absolute atomic E-state index is 12.1. The van der Waals surface area contributed by atoms with E-state index < -0.39 is 28.1 Å². The first kappa shape index (κ1) is 16.8. The summed E-state index contributed by atoms with van der Waals surface area (Å²) in [5.74, 6) is -1.67. The minimum absolute atomic E-state index is 0.0476. The Morgan fingerprint density at radius 3 is 2.28 bits per heavy atom. The number of likely N-dealkylation sites (N-methyl/N-ethyl adjacent to an activating group) is 1. The molecule has 0 radical (unpaired) electrons. The summed E-state index contributed by atoms with van der Waals surface area (Å²) in [5, 5.41) is 17.5. The van der Waals surface area contributed by atoms with Gasteiger partial charge in [-0.2, -0.15) is 22.3 Å². The third kappa shape index (κ3) is 3.94. The van der Waals surface area contributed by atoms with Crippen molar-refractivity contribution < 1.29 is 18.3 Å². The molecular formula is C10H19N3O4S. The zero-order chi connectivity index (χ0) is 14.5. The van der Waals surface area contributed by atoms with Gasteiger partial charge in [-0.1, -0.05) is 6.92 Å². The van der Waals surface area contributed by atoms with Crippen molar-refractivity contribution in [2.75, 3.05) is 20.1 Å². The fourth-order valence-electron chi connectivity index (χ4n) is 1.27. The first-order valence-corrected chi connectivity index (χ1v) is 6.93. The highest BCUT2D eigenvalue weighted by Crippen LogP contribution is 2.12. The highest BCUT2D eigenvalue weighted by atomic mass is 32.2. The second-order valence-electron chi connectivity index (χ2n) is 4.02. The predicted octanol–water partition coefficient (Wildman–Crippen LogP) is 0.118. The van der Waals surface area contributed by atoms with Crippen LogP contribution in [0.5, 0.6) is 0 Å². The number of carboxylic acids is 1. The Morgan fingerprint density at radius 2 is 1.94 bits per heavy atom. The molecule has 2 atom stereocenters. The summed E-state index contributed by atoms with van der Waals surface area (Å²) < 4.78 is 26.2. The molecule has 1 N–H and O–H groups in total. The van der Waals surface area contributed by atoms with E-state index in [4.69, 9.17) is 10.4 Å². The number of hydrogen-bond donors (Lipinski definition) is 1. The fourth-order valence-corrected chi connectivity index (χ4v) is 2.86. The smallest absolute Gasteiger partial charge is 0.321 e. The normalized spacial score (nSPS) is 15.4. The number of nitriles is 1. The lowest BCUT2D eigenvalue weighted by Crippen LogP contribution is -2.49. The third-order valence-electron chi connectivity index (χ3n) is 2.64. The molecule has 0 aliphatic carbocycles. The molecule has 0 saturated heterocycles. The maximum Gasteiger partial charge on any atom is 0.321 e. The van der Waals surface area contributed by atoms with Gasteiger partial charge in [0.2, 0.25) is 0 Å². The van der Waals surface area contributed by atoms with Crippen molar-refractivity contribution in [3.8, 4) is 6.07 Å². The van der Waals surface area contributed by atoms with Crippen LogP contribution in [0.25, 0.3) is 0 Å². The number of carboxylic acid groups (broad SMARTS) is 1. The van der Waals surface area contributed by atoms with E-state index in [9.17, 15) is 13.2 Å². The van der Waals surface area contributed by atoms with Gasteiger partial charge in [-0.05, 0) is 13.8 Å². The summed E-state index contributed by atoms with van der Waals surface area (Å²) in [6.07, 6.45) is 0. The van der Waals surface area contributed by atoms with Crippen molar-refractivity contribution in [1.29, 1.82) is 5.26 Å². The number of aliphatic carboxylic acids is 1. The number of carbonyl (C=O) groups is 1. The first-order chi connectivity index (χ1) is 8.18. The van der Waals surface area contributed by atoms with Crippen LogP contribution in [0.15, 0.2) is 0 Å². The SMILES string of the molecule is CCN(CC(C)C#N)S(=O)(=O)N(C)C(C)C(=O)O. The van der Waals surface area contributed by atoms with Gasteiger partial charge in [0, 0.05) is 20.1 Å². The van der Waals surface area contributed by atoms with Crippen LogP contribution in [0.3, 0.4) is 0 Å². The molecule has 7 nitrogen and oxygen atoms in total. The Balaban J connectivity index is 5.10. The average molecular weight is 277 g/mol. The Kier molecular flexibility index (Phi) is 6.25. The van der Waals surface area contributed by atoms with Gasteiger partial charge in [0.05, 0.1) is 12.0 Å². The monoisotopic (exact) mass is 277 g/mol. The molecule has 0 aromatic rings. The van der Waals surface area contributed by atoms with E-state index in [0.717, 1.165) is 8.61 Å². The van der Waals surface area contributed by atoms with Crippen LogP contribution in [0, 0.1) is 17.2 Å². The summed E-state index contributed by atoms with van der Waals surface area (Å²) >= 11 is 0. The lowest BCUT2D eigenvalue weighted by molar-refractivity contribution is -0.140. The summed E-state index contributed by atoms with van der Waals surface area (Å²) in [6.45, 7) is 4.78.